The van der Waals surface area contributed by atoms with Gasteiger partial charge in [0.2, 0.25) is 0 Å². The molecule has 0 radical (unpaired) electrons. The van der Waals surface area contributed by atoms with E-state index < -0.39 is 30.0 Å². The lowest BCUT2D eigenvalue weighted by molar-refractivity contribution is -0.137. The van der Waals surface area contributed by atoms with Crippen LogP contribution in [0.1, 0.15) is 17.5 Å². The van der Waals surface area contributed by atoms with Gasteiger partial charge in [-0.25, -0.2) is 4.79 Å². The topological polar surface area (TPSA) is 117 Å². The van der Waals surface area contributed by atoms with Crippen molar-refractivity contribution in [3.8, 4) is 11.5 Å². The molecule has 1 atom stereocenters. The summed E-state index contributed by atoms with van der Waals surface area (Å²) in [7, 11) is 1.43. The van der Waals surface area contributed by atoms with Gasteiger partial charge < -0.3 is 29.8 Å². The van der Waals surface area contributed by atoms with Gasteiger partial charge in [0.1, 0.15) is 18.3 Å². The van der Waals surface area contributed by atoms with Gasteiger partial charge in [-0.1, -0.05) is 12.1 Å². The summed E-state index contributed by atoms with van der Waals surface area (Å²) in [6, 6.07) is 14.6. The minimum Gasteiger partial charge on any atom is -0.457 e. The van der Waals surface area contributed by atoms with Gasteiger partial charge in [-0.3, -0.25) is 4.79 Å². The van der Waals surface area contributed by atoms with Crippen LogP contribution in [0.2, 0.25) is 0 Å². The smallest absolute Gasteiger partial charge is 0.416 e. The van der Waals surface area contributed by atoms with Crippen LogP contribution in [0, 0.1) is 0 Å². The number of hydrogen-bond acceptors (Lipinski definition) is 8. The van der Waals surface area contributed by atoms with E-state index in [1.54, 1.807) is 24.3 Å². The fourth-order valence-electron chi connectivity index (χ4n) is 4.18. The minimum atomic E-state index is -4.49. The van der Waals surface area contributed by atoms with E-state index in [4.69, 9.17) is 24.7 Å². The molecule has 40 heavy (non-hydrogen) atoms. The van der Waals surface area contributed by atoms with Crippen LogP contribution in [-0.2, 0) is 26.8 Å². The van der Waals surface area contributed by atoms with E-state index in [1.165, 1.54) is 36.6 Å². The number of methoxy groups -OCH3 is 1. The Hall–Kier alpha value is -3.71. The zero-order chi connectivity index (χ0) is 28.9. The third-order valence-corrected chi connectivity index (χ3v) is 7.28. The molecule has 0 fully saturated rings. The third-order valence-electron chi connectivity index (χ3n) is 6.14. The van der Waals surface area contributed by atoms with E-state index in [0.717, 1.165) is 17.7 Å². The number of amides is 1. The highest BCUT2D eigenvalue weighted by Crippen LogP contribution is 2.34. The molecular formula is C28H26F3NO7S. The van der Waals surface area contributed by atoms with Crippen molar-refractivity contribution in [1.82, 2.24) is 0 Å². The second kappa shape index (κ2) is 12.2. The van der Waals surface area contributed by atoms with E-state index >= 15 is 0 Å². The SMILES string of the molecule is COCOCC(CO)(CCc1ccc2sc3cc(Oc4cccc(C(F)(F)F)c4)ccc3c(=O)c2c1)OC(N)=O. The molecule has 0 aliphatic rings. The van der Waals surface area contributed by atoms with E-state index in [1.807, 2.05) is 6.07 Å². The zero-order valence-corrected chi connectivity index (χ0v) is 22.1. The number of aryl methyl sites for hydroxylation is 1. The number of alkyl halides is 3. The van der Waals surface area contributed by atoms with E-state index in [-0.39, 0.29) is 31.0 Å². The maximum Gasteiger partial charge on any atom is 0.416 e. The number of halogens is 3. The Bertz CT molecular complexity index is 1570. The predicted octanol–water partition coefficient (Wildman–Crippen LogP) is 5.61. The predicted molar refractivity (Wildman–Crippen MR) is 144 cm³/mol. The van der Waals surface area contributed by atoms with Crippen LogP contribution in [-0.4, -0.2) is 43.9 Å². The van der Waals surface area contributed by atoms with Crippen LogP contribution in [0.3, 0.4) is 0 Å². The molecule has 212 valence electrons. The van der Waals surface area contributed by atoms with Crippen molar-refractivity contribution in [2.24, 2.45) is 5.73 Å². The summed E-state index contributed by atoms with van der Waals surface area (Å²) in [5, 5.41) is 10.8. The van der Waals surface area contributed by atoms with Crippen LogP contribution in [0.5, 0.6) is 11.5 Å². The molecule has 0 saturated carbocycles. The van der Waals surface area contributed by atoms with E-state index in [9.17, 15) is 27.9 Å². The Morgan fingerprint density at radius 1 is 1.00 bits per heavy atom. The molecule has 3 N–H and O–H groups in total. The molecule has 0 saturated heterocycles. The monoisotopic (exact) mass is 577 g/mol. The normalized spacial score (nSPS) is 13.3. The average Bonchev–Trinajstić information content (AvgIpc) is 2.91. The van der Waals surface area contributed by atoms with Crippen molar-refractivity contribution in [3.05, 3.63) is 82.0 Å². The fourth-order valence-corrected chi connectivity index (χ4v) is 5.26. The van der Waals surface area contributed by atoms with Gasteiger partial charge in [0.15, 0.2) is 11.0 Å². The van der Waals surface area contributed by atoms with Gasteiger partial charge in [0.05, 0.1) is 18.8 Å². The number of primary amides is 1. The lowest BCUT2D eigenvalue weighted by atomic mass is 9.95. The molecule has 12 heteroatoms. The van der Waals surface area contributed by atoms with Crippen molar-refractivity contribution < 1.29 is 42.0 Å². The summed E-state index contributed by atoms with van der Waals surface area (Å²) in [5.74, 6) is 0.322. The highest BCUT2D eigenvalue weighted by Gasteiger charge is 2.34. The summed E-state index contributed by atoms with van der Waals surface area (Å²) in [6.45, 7) is -0.740. The Morgan fingerprint density at radius 2 is 1.77 bits per heavy atom. The number of aliphatic hydroxyl groups is 1. The maximum absolute atomic E-state index is 13.3. The van der Waals surface area contributed by atoms with Crippen molar-refractivity contribution in [2.45, 2.75) is 24.6 Å². The van der Waals surface area contributed by atoms with Crippen molar-refractivity contribution in [1.29, 1.82) is 0 Å². The minimum absolute atomic E-state index is 0.0267. The van der Waals surface area contributed by atoms with Crippen LogP contribution in [0.15, 0.2) is 65.5 Å². The number of carbonyl (C=O) groups excluding carboxylic acids is 1. The lowest BCUT2D eigenvalue weighted by Crippen LogP contribution is -2.45. The molecule has 1 aromatic heterocycles. The molecule has 1 heterocycles. The number of ether oxygens (including phenoxy) is 4. The number of benzene rings is 3. The van der Waals surface area contributed by atoms with Crippen LogP contribution in [0.4, 0.5) is 18.0 Å². The second-order valence-electron chi connectivity index (χ2n) is 9.06. The number of fused-ring (bicyclic) bond motifs is 2. The first kappa shape index (κ1) is 29.3. The number of hydrogen-bond donors (Lipinski definition) is 2. The second-order valence-corrected chi connectivity index (χ2v) is 10.1. The summed E-state index contributed by atoms with van der Waals surface area (Å²) < 4.78 is 61.4. The fraction of sp³-hybridized carbons (Fsp3) is 0.286. The van der Waals surface area contributed by atoms with Crippen LogP contribution in [0.25, 0.3) is 20.2 Å². The van der Waals surface area contributed by atoms with Crippen LogP contribution < -0.4 is 15.9 Å². The van der Waals surface area contributed by atoms with Gasteiger partial charge in [-0.15, -0.1) is 11.3 Å². The van der Waals surface area contributed by atoms with Crippen molar-refractivity contribution in [2.75, 3.05) is 27.1 Å². The molecule has 1 amide bonds. The largest absolute Gasteiger partial charge is 0.457 e. The summed E-state index contributed by atoms with van der Waals surface area (Å²) in [5.41, 5.74) is 3.53. The number of rotatable bonds is 11. The average molecular weight is 578 g/mol. The molecule has 4 rings (SSSR count). The molecule has 3 aromatic carbocycles. The van der Waals surface area contributed by atoms with Gasteiger partial charge in [0.25, 0.3) is 0 Å². The van der Waals surface area contributed by atoms with Gasteiger partial charge in [-0.2, -0.15) is 13.2 Å². The van der Waals surface area contributed by atoms with Gasteiger partial charge in [0, 0.05) is 27.3 Å². The molecule has 1 unspecified atom stereocenters. The number of carbonyl (C=O) groups is 1. The molecule has 4 aromatic rings. The van der Waals surface area contributed by atoms with Crippen molar-refractivity contribution >= 4 is 37.6 Å². The Morgan fingerprint density at radius 3 is 2.48 bits per heavy atom. The molecular weight excluding hydrogens is 551 g/mol. The number of aliphatic hydroxyl groups excluding tert-OH is 1. The molecule has 0 bridgehead atoms. The van der Waals surface area contributed by atoms with E-state index in [2.05, 4.69) is 0 Å². The molecule has 8 nitrogen and oxygen atoms in total. The zero-order valence-electron chi connectivity index (χ0n) is 21.3. The third kappa shape index (κ3) is 6.89. The van der Waals surface area contributed by atoms with Gasteiger partial charge >= 0.3 is 12.3 Å². The lowest BCUT2D eigenvalue weighted by Gasteiger charge is -2.30. The van der Waals surface area contributed by atoms with Gasteiger partial charge in [-0.05, 0) is 66.9 Å². The van der Waals surface area contributed by atoms with Crippen molar-refractivity contribution in [3.63, 3.8) is 0 Å². The molecule has 0 aliphatic carbocycles. The van der Waals surface area contributed by atoms with Crippen LogP contribution >= 0.6 is 11.3 Å². The summed E-state index contributed by atoms with van der Waals surface area (Å²) in [6.07, 6.45) is -5.04. The quantitative estimate of drug-likeness (QED) is 0.135. The summed E-state index contributed by atoms with van der Waals surface area (Å²) in [4.78, 5) is 24.8. The molecule has 0 spiro atoms. The maximum atomic E-state index is 13.3. The van der Waals surface area contributed by atoms with E-state index in [0.29, 0.717) is 32.3 Å². The first-order valence-electron chi connectivity index (χ1n) is 12.0. The Labute approximate surface area is 230 Å². The standard InChI is InChI=1S/C28H26F3NO7S/c1-36-16-37-15-27(14-33,39-26(32)35)10-9-17-5-8-23-22(11-17)25(34)21-7-6-20(13-24(21)40-23)38-19-4-2-3-18(12-19)28(29,30)31/h2-8,11-13,33H,9-10,14-16H2,1H3,(H2,32,35). The summed E-state index contributed by atoms with van der Waals surface area (Å²) >= 11 is 1.34. The first-order chi connectivity index (χ1) is 19.0. The highest BCUT2D eigenvalue weighted by molar-refractivity contribution is 7.24. The highest BCUT2D eigenvalue weighted by atomic mass is 32.1. The first-order valence-corrected chi connectivity index (χ1v) is 12.9. The Kier molecular flexibility index (Phi) is 8.94. The Balaban J connectivity index is 1.59. The number of nitrogens with two attached hydrogens (primary N) is 1. The molecule has 0 aliphatic heterocycles.